The average Bonchev–Trinajstić information content (AvgIpc) is 3.14. The van der Waals surface area contributed by atoms with Gasteiger partial charge in [-0.25, -0.2) is 8.42 Å². The summed E-state index contributed by atoms with van der Waals surface area (Å²) >= 11 is 0. The van der Waals surface area contributed by atoms with Crippen LogP contribution in [0.1, 0.15) is 25.7 Å². The van der Waals surface area contributed by atoms with Crippen LogP contribution >= 0.6 is 12.4 Å². The van der Waals surface area contributed by atoms with Gasteiger partial charge in [0.05, 0.1) is 10.3 Å². The van der Waals surface area contributed by atoms with E-state index in [0.29, 0.717) is 17.3 Å². The first kappa shape index (κ1) is 21.6. The summed E-state index contributed by atoms with van der Waals surface area (Å²) in [5.41, 5.74) is 0.794. The molecule has 0 spiro atoms. The third-order valence-corrected chi connectivity index (χ3v) is 7.34. The van der Waals surface area contributed by atoms with Gasteiger partial charge in [-0.15, -0.1) is 12.4 Å². The van der Waals surface area contributed by atoms with Gasteiger partial charge < -0.3 is 10.6 Å². The molecule has 0 aromatic heterocycles. The minimum absolute atomic E-state index is 0. The lowest BCUT2D eigenvalue weighted by molar-refractivity contribution is -0.128. The van der Waals surface area contributed by atoms with Gasteiger partial charge in [0.15, 0.2) is 0 Å². The second-order valence-corrected chi connectivity index (χ2v) is 9.36. The summed E-state index contributed by atoms with van der Waals surface area (Å²) in [5.74, 6) is 0.427. The number of amides is 1. The largest absolute Gasteiger partial charge is 0.326 e. The van der Waals surface area contributed by atoms with Crippen molar-refractivity contribution < 1.29 is 13.2 Å². The van der Waals surface area contributed by atoms with Crippen LogP contribution < -0.4 is 15.4 Å². The van der Waals surface area contributed by atoms with Gasteiger partial charge in [0, 0.05) is 17.9 Å². The van der Waals surface area contributed by atoms with Crippen molar-refractivity contribution in [3.05, 3.63) is 54.6 Å². The molecule has 0 bridgehead atoms. The number of hydrogen-bond donors (Lipinski definition) is 3. The Balaban J connectivity index is 0.00000240. The van der Waals surface area contributed by atoms with Gasteiger partial charge in [0.25, 0.3) is 10.0 Å². The normalized spacial score (nSPS) is 23.5. The standard InChI is InChI=1S/C21H25N3O3S.ClH/c25-20(21-13-5-4-6-16(21)14-22-15-21)23-17-9-11-19(12-10-17)28(26,27)24-18-7-2-1-3-8-18;/h1-3,7-12,16,22,24H,4-6,13-15H2,(H,23,25);1H/t16-,21+;/m0./s1. The first-order valence-electron chi connectivity index (χ1n) is 9.70. The van der Waals surface area contributed by atoms with Crippen LogP contribution in [0.15, 0.2) is 59.5 Å². The molecule has 4 rings (SSSR count). The van der Waals surface area contributed by atoms with E-state index >= 15 is 0 Å². The molecule has 1 aliphatic carbocycles. The van der Waals surface area contributed by atoms with E-state index in [0.717, 1.165) is 32.4 Å². The molecule has 29 heavy (non-hydrogen) atoms. The molecule has 0 radical (unpaired) electrons. The van der Waals surface area contributed by atoms with Crippen LogP contribution in [-0.4, -0.2) is 27.4 Å². The first-order valence-corrected chi connectivity index (χ1v) is 11.2. The average molecular weight is 436 g/mol. The Morgan fingerprint density at radius 1 is 1.00 bits per heavy atom. The highest BCUT2D eigenvalue weighted by Crippen LogP contribution is 2.44. The zero-order valence-electron chi connectivity index (χ0n) is 16.1. The van der Waals surface area contributed by atoms with Crippen molar-refractivity contribution in [1.82, 2.24) is 5.32 Å². The summed E-state index contributed by atoms with van der Waals surface area (Å²) in [5, 5.41) is 6.38. The van der Waals surface area contributed by atoms with Crippen LogP contribution in [-0.2, 0) is 14.8 Å². The topological polar surface area (TPSA) is 87.3 Å². The molecule has 2 aliphatic rings. The van der Waals surface area contributed by atoms with Crippen LogP contribution in [0.4, 0.5) is 11.4 Å². The molecule has 156 valence electrons. The van der Waals surface area contributed by atoms with Gasteiger partial charge in [0.1, 0.15) is 0 Å². The molecule has 2 aromatic carbocycles. The molecule has 8 heteroatoms. The second kappa shape index (κ2) is 8.73. The van der Waals surface area contributed by atoms with Crippen molar-refractivity contribution in [2.75, 3.05) is 23.1 Å². The molecule has 2 atom stereocenters. The third-order valence-electron chi connectivity index (χ3n) is 5.94. The molecule has 1 aliphatic heterocycles. The van der Waals surface area contributed by atoms with E-state index in [1.165, 1.54) is 18.6 Å². The molecule has 3 N–H and O–H groups in total. The number of hydrogen-bond acceptors (Lipinski definition) is 4. The van der Waals surface area contributed by atoms with Gasteiger partial charge in [0.2, 0.25) is 5.91 Å². The van der Waals surface area contributed by atoms with E-state index in [-0.39, 0.29) is 28.6 Å². The van der Waals surface area contributed by atoms with Crippen LogP contribution in [0.3, 0.4) is 0 Å². The smallest absolute Gasteiger partial charge is 0.261 e. The zero-order valence-corrected chi connectivity index (χ0v) is 17.7. The minimum Gasteiger partial charge on any atom is -0.326 e. The lowest BCUT2D eigenvalue weighted by atomic mass is 9.67. The summed E-state index contributed by atoms with van der Waals surface area (Å²) < 4.78 is 27.6. The molecule has 2 aromatic rings. The SMILES string of the molecule is Cl.O=C(Nc1ccc(S(=O)(=O)Nc2ccccc2)cc1)[C@@]12CCCC[C@H]1CNC2. The van der Waals surface area contributed by atoms with Crippen molar-refractivity contribution >= 4 is 39.7 Å². The minimum atomic E-state index is -3.67. The van der Waals surface area contributed by atoms with Crippen LogP contribution in [0.5, 0.6) is 0 Å². The fourth-order valence-corrected chi connectivity index (χ4v) is 5.44. The van der Waals surface area contributed by atoms with E-state index < -0.39 is 10.0 Å². The van der Waals surface area contributed by atoms with Gasteiger partial charge in [-0.2, -0.15) is 0 Å². The number of rotatable bonds is 5. The fourth-order valence-electron chi connectivity index (χ4n) is 4.38. The predicted octanol–water partition coefficient (Wildman–Crippen LogP) is 3.63. The Kier molecular flexibility index (Phi) is 6.51. The number of halogens is 1. The summed E-state index contributed by atoms with van der Waals surface area (Å²) in [6, 6.07) is 15.1. The number of carbonyl (C=O) groups excluding carboxylic acids is 1. The number of anilines is 2. The Morgan fingerprint density at radius 3 is 2.45 bits per heavy atom. The number of fused-ring (bicyclic) bond motifs is 1. The molecule has 1 heterocycles. The van der Waals surface area contributed by atoms with Crippen LogP contribution in [0.2, 0.25) is 0 Å². The van der Waals surface area contributed by atoms with Crippen molar-refractivity contribution in [3.63, 3.8) is 0 Å². The lowest BCUT2D eigenvalue weighted by Gasteiger charge is -2.37. The van der Waals surface area contributed by atoms with Crippen molar-refractivity contribution in [1.29, 1.82) is 0 Å². The van der Waals surface area contributed by atoms with Gasteiger partial charge in [-0.3, -0.25) is 9.52 Å². The number of benzene rings is 2. The van der Waals surface area contributed by atoms with Gasteiger partial charge in [-0.05, 0) is 61.7 Å². The van der Waals surface area contributed by atoms with E-state index in [1.54, 1.807) is 36.4 Å². The van der Waals surface area contributed by atoms with Crippen molar-refractivity contribution in [2.45, 2.75) is 30.6 Å². The molecule has 2 fully saturated rings. The molecule has 6 nitrogen and oxygen atoms in total. The van der Waals surface area contributed by atoms with Crippen LogP contribution in [0, 0.1) is 11.3 Å². The first-order chi connectivity index (χ1) is 13.5. The highest BCUT2D eigenvalue weighted by molar-refractivity contribution is 7.92. The Hall–Kier alpha value is -2.09. The monoisotopic (exact) mass is 435 g/mol. The van der Waals surface area contributed by atoms with Crippen molar-refractivity contribution in [2.24, 2.45) is 11.3 Å². The van der Waals surface area contributed by atoms with E-state index in [2.05, 4.69) is 15.4 Å². The Labute approximate surface area is 177 Å². The maximum atomic E-state index is 13.0. The summed E-state index contributed by atoms with van der Waals surface area (Å²) in [6.07, 6.45) is 4.25. The predicted molar refractivity (Wildman–Crippen MR) is 117 cm³/mol. The number of sulfonamides is 1. The summed E-state index contributed by atoms with van der Waals surface area (Å²) in [6.45, 7) is 1.62. The highest BCUT2D eigenvalue weighted by atomic mass is 35.5. The molecule has 0 unspecified atom stereocenters. The second-order valence-electron chi connectivity index (χ2n) is 7.68. The van der Waals surface area contributed by atoms with Crippen LogP contribution in [0.25, 0.3) is 0 Å². The lowest BCUT2D eigenvalue weighted by Crippen LogP contribution is -2.44. The molecular formula is C21H26ClN3O3S. The maximum Gasteiger partial charge on any atom is 0.261 e. The van der Waals surface area contributed by atoms with Gasteiger partial charge in [-0.1, -0.05) is 31.0 Å². The number of nitrogens with one attached hydrogen (secondary N) is 3. The summed E-state index contributed by atoms with van der Waals surface area (Å²) in [7, 11) is -3.67. The third kappa shape index (κ3) is 4.42. The van der Waals surface area contributed by atoms with Gasteiger partial charge >= 0.3 is 0 Å². The molecular weight excluding hydrogens is 410 g/mol. The quantitative estimate of drug-likeness (QED) is 0.669. The van der Waals surface area contributed by atoms with Crippen molar-refractivity contribution in [3.8, 4) is 0 Å². The summed E-state index contributed by atoms with van der Waals surface area (Å²) in [4.78, 5) is 13.2. The van der Waals surface area contributed by atoms with E-state index in [1.807, 2.05) is 6.07 Å². The Morgan fingerprint density at radius 2 is 1.72 bits per heavy atom. The Bertz CT molecular complexity index is 951. The fraction of sp³-hybridized carbons (Fsp3) is 0.381. The highest BCUT2D eigenvalue weighted by Gasteiger charge is 2.49. The zero-order chi connectivity index (χ0) is 19.6. The molecule has 1 amide bonds. The van der Waals surface area contributed by atoms with E-state index in [9.17, 15) is 13.2 Å². The molecule has 1 saturated carbocycles. The maximum absolute atomic E-state index is 13.0. The molecule has 1 saturated heterocycles. The number of para-hydroxylation sites is 1. The number of carbonyl (C=O) groups is 1. The van der Waals surface area contributed by atoms with E-state index in [4.69, 9.17) is 0 Å².